The van der Waals surface area contributed by atoms with Crippen molar-refractivity contribution in [2.24, 2.45) is 7.05 Å². The van der Waals surface area contributed by atoms with E-state index in [4.69, 9.17) is 4.74 Å². The molecule has 1 aliphatic rings. The number of aromatic nitrogens is 2. The predicted molar refractivity (Wildman–Crippen MR) is 99.3 cm³/mol. The number of pyridine rings is 1. The molecule has 134 valence electrons. The van der Waals surface area contributed by atoms with Crippen molar-refractivity contribution in [3.05, 3.63) is 63.7 Å². The first-order valence-corrected chi connectivity index (χ1v) is 8.69. The summed E-state index contributed by atoms with van der Waals surface area (Å²) in [6.45, 7) is 2.93. The molecule has 3 aromatic rings. The van der Waals surface area contributed by atoms with Gasteiger partial charge in [0.05, 0.1) is 0 Å². The topological polar surface area (TPSA) is 67.3 Å². The highest BCUT2D eigenvalue weighted by molar-refractivity contribution is 5.86. The Bertz CT molecular complexity index is 1050. The third-order valence-corrected chi connectivity index (χ3v) is 5.04. The van der Waals surface area contributed by atoms with Crippen LogP contribution in [0.3, 0.4) is 0 Å². The maximum Gasteiger partial charge on any atom is 0.260 e. The lowest BCUT2D eigenvalue weighted by Gasteiger charge is -2.27. The van der Waals surface area contributed by atoms with E-state index in [1.165, 1.54) is 17.3 Å². The van der Waals surface area contributed by atoms with Gasteiger partial charge in [0.15, 0.2) is 12.4 Å². The normalized spacial score (nSPS) is 13.7. The zero-order valence-electron chi connectivity index (χ0n) is 14.9. The number of ether oxygens (including phenoxy) is 1. The molecule has 1 aromatic carbocycles. The first-order valence-electron chi connectivity index (χ1n) is 8.69. The highest BCUT2D eigenvalue weighted by Crippen LogP contribution is 2.27. The van der Waals surface area contributed by atoms with Crippen molar-refractivity contribution in [3.8, 4) is 5.75 Å². The van der Waals surface area contributed by atoms with Crippen LogP contribution in [0, 0.1) is 6.92 Å². The zero-order chi connectivity index (χ0) is 18.3. The molecular formula is C20H21N3O3. The van der Waals surface area contributed by atoms with Crippen LogP contribution < -0.4 is 10.2 Å². The fourth-order valence-corrected chi connectivity index (χ4v) is 3.42. The van der Waals surface area contributed by atoms with E-state index >= 15 is 0 Å². The second kappa shape index (κ2) is 6.37. The average Bonchev–Trinajstić information content (AvgIpc) is 3.01. The largest absolute Gasteiger partial charge is 0.478 e. The van der Waals surface area contributed by atoms with Crippen LogP contribution in [0.15, 0.2) is 41.3 Å². The number of hydrogen-bond acceptors (Lipinski definition) is 3. The number of nitrogens with one attached hydrogen (secondary N) is 1. The van der Waals surface area contributed by atoms with Crippen LogP contribution in [0.2, 0.25) is 0 Å². The van der Waals surface area contributed by atoms with E-state index < -0.39 is 0 Å². The molecule has 0 spiro atoms. The number of benzene rings is 1. The molecule has 1 N–H and O–H groups in total. The Morgan fingerprint density at radius 3 is 2.96 bits per heavy atom. The zero-order valence-corrected chi connectivity index (χ0v) is 14.9. The Labute approximate surface area is 151 Å². The van der Waals surface area contributed by atoms with E-state index in [9.17, 15) is 9.59 Å². The molecule has 3 heterocycles. The third kappa shape index (κ3) is 2.87. The molecular weight excluding hydrogens is 330 g/mol. The summed E-state index contributed by atoms with van der Waals surface area (Å²) in [7, 11) is 1.84. The van der Waals surface area contributed by atoms with Gasteiger partial charge < -0.3 is 19.2 Å². The average molecular weight is 351 g/mol. The lowest BCUT2D eigenvalue weighted by molar-refractivity contribution is -0.134. The van der Waals surface area contributed by atoms with Crippen LogP contribution in [0.5, 0.6) is 5.75 Å². The van der Waals surface area contributed by atoms with E-state index in [1.54, 1.807) is 15.7 Å². The van der Waals surface area contributed by atoms with Crippen molar-refractivity contribution in [3.63, 3.8) is 0 Å². The van der Waals surface area contributed by atoms with Crippen molar-refractivity contribution in [2.75, 3.05) is 13.2 Å². The van der Waals surface area contributed by atoms with Crippen LogP contribution in [0.1, 0.15) is 17.0 Å². The lowest BCUT2D eigenvalue weighted by Crippen LogP contribution is -2.39. The molecule has 0 bridgehead atoms. The highest BCUT2D eigenvalue weighted by atomic mass is 16.5. The number of para-hydroxylation sites is 1. The third-order valence-electron chi connectivity index (χ3n) is 5.04. The number of hydrogen-bond donors (Lipinski definition) is 1. The summed E-state index contributed by atoms with van der Waals surface area (Å²) in [5.41, 5.74) is 4.11. The maximum atomic E-state index is 12.6. The SMILES string of the molecule is Cc1cc(=O)c(OCC(=O)N2CCc3[nH]c4ccccc4c3C2)cn1C. The molecule has 0 unspecified atom stereocenters. The van der Waals surface area contributed by atoms with Gasteiger partial charge in [-0.3, -0.25) is 9.59 Å². The number of fused-ring (bicyclic) bond motifs is 3. The molecule has 0 radical (unpaired) electrons. The maximum absolute atomic E-state index is 12.6. The fraction of sp³-hybridized carbons (Fsp3) is 0.300. The van der Waals surface area contributed by atoms with Gasteiger partial charge in [0.2, 0.25) is 5.43 Å². The van der Waals surface area contributed by atoms with Gasteiger partial charge in [-0.1, -0.05) is 18.2 Å². The Hall–Kier alpha value is -3.02. The van der Waals surface area contributed by atoms with E-state index in [2.05, 4.69) is 17.1 Å². The molecule has 0 atom stereocenters. The fourth-order valence-electron chi connectivity index (χ4n) is 3.42. The van der Waals surface area contributed by atoms with E-state index in [-0.39, 0.29) is 23.7 Å². The predicted octanol–water partition coefficient (Wildman–Crippen LogP) is 2.14. The van der Waals surface area contributed by atoms with Gasteiger partial charge in [-0.15, -0.1) is 0 Å². The molecule has 6 nitrogen and oxygen atoms in total. The summed E-state index contributed by atoms with van der Waals surface area (Å²) in [6.07, 6.45) is 2.42. The van der Waals surface area contributed by atoms with Gasteiger partial charge in [0.1, 0.15) is 0 Å². The Balaban J connectivity index is 1.48. The van der Waals surface area contributed by atoms with Crippen LogP contribution in [-0.2, 0) is 24.8 Å². The molecule has 1 aliphatic heterocycles. The minimum Gasteiger partial charge on any atom is -0.478 e. The van der Waals surface area contributed by atoms with Gasteiger partial charge in [0, 0.05) is 66.7 Å². The molecule has 26 heavy (non-hydrogen) atoms. The number of aryl methyl sites for hydroxylation is 2. The summed E-state index contributed by atoms with van der Waals surface area (Å²) in [5, 5.41) is 1.16. The number of rotatable bonds is 3. The van der Waals surface area contributed by atoms with Crippen LogP contribution in [0.25, 0.3) is 10.9 Å². The summed E-state index contributed by atoms with van der Waals surface area (Å²) in [4.78, 5) is 29.8. The molecule has 0 aliphatic carbocycles. The van der Waals surface area contributed by atoms with E-state index in [0.29, 0.717) is 13.1 Å². The monoisotopic (exact) mass is 351 g/mol. The summed E-state index contributed by atoms with van der Waals surface area (Å²) >= 11 is 0. The van der Waals surface area contributed by atoms with Gasteiger partial charge >= 0.3 is 0 Å². The summed E-state index contributed by atoms with van der Waals surface area (Å²) in [6, 6.07) is 9.65. The lowest BCUT2D eigenvalue weighted by atomic mass is 10.0. The van der Waals surface area contributed by atoms with Crippen molar-refractivity contribution < 1.29 is 9.53 Å². The Morgan fingerprint density at radius 2 is 2.12 bits per heavy atom. The number of nitrogens with zero attached hydrogens (tertiary/aromatic N) is 2. The van der Waals surface area contributed by atoms with Crippen molar-refractivity contribution in [2.45, 2.75) is 19.9 Å². The van der Waals surface area contributed by atoms with E-state index in [0.717, 1.165) is 23.0 Å². The molecule has 2 aromatic heterocycles. The first-order chi connectivity index (χ1) is 12.5. The minimum atomic E-state index is -0.203. The number of aromatic amines is 1. The smallest absolute Gasteiger partial charge is 0.260 e. The van der Waals surface area contributed by atoms with Crippen LogP contribution >= 0.6 is 0 Å². The second-order valence-corrected chi connectivity index (χ2v) is 6.74. The van der Waals surface area contributed by atoms with Gasteiger partial charge in [-0.25, -0.2) is 0 Å². The number of carbonyl (C=O) groups excluding carboxylic acids is 1. The van der Waals surface area contributed by atoms with Crippen LogP contribution in [-0.4, -0.2) is 33.5 Å². The number of amides is 1. The molecule has 0 saturated heterocycles. The van der Waals surface area contributed by atoms with Gasteiger partial charge in [-0.2, -0.15) is 0 Å². The Kier molecular flexibility index (Phi) is 4.03. The Morgan fingerprint density at radius 1 is 1.31 bits per heavy atom. The van der Waals surface area contributed by atoms with Crippen LogP contribution in [0.4, 0.5) is 0 Å². The molecule has 1 amide bonds. The van der Waals surface area contributed by atoms with Crippen molar-refractivity contribution in [1.82, 2.24) is 14.5 Å². The molecule has 0 fully saturated rings. The standard InChI is InChI=1S/C20H21N3O3/c1-13-9-18(24)19(11-22(13)2)26-12-20(25)23-8-7-17-15(10-23)14-5-3-4-6-16(14)21-17/h3-6,9,11,21H,7-8,10,12H2,1-2H3. The summed E-state index contributed by atoms with van der Waals surface area (Å²) < 4.78 is 7.32. The number of H-pyrrole nitrogens is 1. The quantitative estimate of drug-likeness (QED) is 0.786. The van der Waals surface area contributed by atoms with Gasteiger partial charge in [0.25, 0.3) is 5.91 Å². The summed E-state index contributed by atoms with van der Waals surface area (Å²) in [5.74, 6) is 0.0970. The second-order valence-electron chi connectivity index (χ2n) is 6.74. The van der Waals surface area contributed by atoms with E-state index in [1.807, 2.05) is 26.1 Å². The van der Waals surface area contributed by atoms with Crippen molar-refractivity contribution in [1.29, 1.82) is 0 Å². The molecule has 0 saturated carbocycles. The van der Waals surface area contributed by atoms with Gasteiger partial charge in [-0.05, 0) is 13.0 Å². The highest BCUT2D eigenvalue weighted by Gasteiger charge is 2.24. The number of carbonyl (C=O) groups is 1. The first kappa shape index (κ1) is 16.4. The molecule has 4 rings (SSSR count). The minimum absolute atomic E-state index is 0.108. The molecule has 6 heteroatoms. The van der Waals surface area contributed by atoms with Crippen molar-refractivity contribution >= 4 is 16.8 Å².